The molecule has 0 aliphatic carbocycles. The molecule has 2 aromatic rings. The lowest BCUT2D eigenvalue weighted by atomic mass is 10.0. The van der Waals surface area contributed by atoms with E-state index < -0.39 is 17.8 Å². The molecule has 3 N–H and O–H groups in total. The molecule has 0 saturated carbocycles. The number of carbonyl (C=O) groups excluding carboxylic acids is 1. The number of ether oxygens (including phenoxy) is 1. The number of benzene rings is 2. The summed E-state index contributed by atoms with van der Waals surface area (Å²) >= 11 is 0. The van der Waals surface area contributed by atoms with Gasteiger partial charge in [-0.25, -0.2) is 4.79 Å². The molecule has 1 aliphatic rings. The van der Waals surface area contributed by atoms with Gasteiger partial charge in [-0.15, -0.1) is 0 Å². The molecule has 1 heterocycles. The molecule has 0 bridgehead atoms. The molecule has 21 heavy (non-hydrogen) atoms. The number of rotatable bonds is 4. The maximum absolute atomic E-state index is 11.8. The Morgan fingerprint density at radius 3 is 2.62 bits per heavy atom. The fourth-order valence-electron chi connectivity index (χ4n) is 2.43. The lowest BCUT2D eigenvalue weighted by Crippen LogP contribution is -2.21. The van der Waals surface area contributed by atoms with Gasteiger partial charge in [0.2, 0.25) is 0 Å². The molecule has 0 saturated heterocycles. The van der Waals surface area contributed by atoms with E-state index in [0.717, 1.165) is 5.56 Å². The van der Waals surface area contributed by atoms with Crippen LogP contribution in [0.5, 0.6) is 11.5 Å². The van der Waals surface area contributed by atoms with Crippen molar-refractivity contribution in [3.8, 4) is 11.5 Å². The highest BCUT2D eigenvalue weighted by atomic mass is 16.5. The molecular weight excluding hydrogens is 270 g/mol. The largest absolute Gasteiger partial charge is 0.504 e. The molecule has 0 amide bonds. The zero-order chi connectivity index (χ0) is 14.8. The number of esters is 1. The second-order valence-electron chi connectivity index (χ2n) is 4.91. The number of fused-ring (bicyclic) bond motifs is 1. The topological polar surface area (TPSA) is 78.8 Å². The number of hydrogen-bond acceptors (Lipinski definition) is 5. The van der Waals surface area contributed by atoms with E-state index in [2.05, 4.69) is 5.32 Å². The number of carbonyl (C=O) groups is 1. The Labute approximate surface area is 121 Å². The third kappa shape index (κ3) is 2.55. The molecule has 5 nitrogen and oxygen atoms in total. The van der Waals surface area contributed by atoms with Gasteiger partial charge >= 0.3 is 5.97 Å². The van der Waals surface area contributed by atoms with E-state index in [1.54, 1.807) is 6.07 Å². The first-order chi connectivity index (χ1) is 10.2. The van der Waals surface area contributed by atoms with E-state index >= 15 is 0 Å². The lowest BCUT2D eigenvalue weighted by molar-refractivity contribution is 0.0384. The van der Waals surface area contributed by atoms with Crippen LogP contribution in [-0.2, 0) is 11.3 Å². The predicted octanol–water partition coefficient (Wildman–Crippen LogP) is 2.10. The number of hydrogen-bond donors (Lipinski definition) is 3. The third-order valence-electron chi connectivity index (χ3n) is 3.49. The second-order valence-corrected chi connectivity index (χ2v) is 4.91. The van der Waals surface area contributed by atoms with E-state index in [0.29, 0.717) is 18.7 Å². The average molecular weight is 285 g/mol. The van der Waals surface area contributed by atoms with E-state index in [1.807, 2.05) is 30.3 Å². The van der Waals surface area contributed by atoms with Gasteiger partial charge in [0, 0.05) is 18.7 Å². The van der Waals surface area contributed by atoms with Gasteiger partial charge in [0.15, 0.2) is 11.5 Å². The van der Waals surface area contributed by atoms with E-state index in [4.69, 9.17) is 4.74 Å². The maximum atomic E-state index is 11.8. The van der Waals surface area contributed by atoms with Crippen LogP contribution in [0.3, 0.4) is 0 Å². The zero-order valence-electron chi connectivity index (χ0n) is 11.2. The Kier molecular flexibility index (Phi) is 3.50. The van der Waals surface area contributed by atoms with Gasteiger partial charge in [0.05, 0.1) is 0 Å². The SMILES string of the molecule is O=C1OC(CNCc2ccccc2)c2ccc(O)c(O)c21. The normalized spacial score (nSPS) is 16.6. The molecule has 0 fully saturated rings. The summed E-state index contributed by atoms with van der Waals surface area (Å²) in [5, 5.41) is 22.4. The first-order valence-electron chi connectivity index (χ1n) is 6.67. The summed E-state index contributed by atoms with van der Waals surface area (Å²) in [6.45, 7) is 1.10. The second kappa shape index (κ2) is 5.46. The van der Waals surface area contributed by atoms with Gasteiger partial charge < -0.3 is 20.3 Å². The van der Waals surface area contributed by atoms with Crippen molar-refractivity contribution in [2.75, 3.05) is 6.54 Å². The number of aromatic hydroxyl groups is 2. The van der Waals surface area contributed by atoms with Gasteiger partial charge in [0.1, 0.15) is 11.7 Å². The predicted molar refractivity (Wildman–Crippen MR) is 76.1 cm³/mol. The molecule has 2 aromatic carbocycles. The summed E-state index contributed by atoms with van der Waals surface area (Å²) in [4.78, 5) is 11.8. The minimum absolute atomic E-state index is 0.0570. The van der Waals surface area contributed by atoms with Crippen LogP contribution < -0.4 is 5.32 Å². The van der Waals surface area contributed by atoms with Crippen LogP contribution in [0.1, 0.15) is 27.6 Å². The summed E-state index contributed by atoms with van der Waals surface area (Å²) in [6, 6.07) is 12.8. The van der Waals surface area contributed by atoms with Gasteiger partial charge in [-0.2, -0.15) is 0 Å². The summed E-state index contributed by atoms with van der Waals surface area (Å²) in [5.74, 6) is -1.34. The van der Waals surface area contributed by atoms with Crippen LogP contribution in [0, 0.1) is 0 Å². The standard InChI is InChI=1S/C16H15NO4/c18-12-7-6-11-13(21-16(20)14(11)15(12)19)9-17-8-10-4-2-1-3-5-10/h1-7,13,17-19H,8-9H2. The van der Waals surface area contributed by atoms with Gasteiger partial charge in [-0.3, -0.25) is 0 Å². The van der Waals surface area contributed by atoms with Crippen molar-refractivity contribution >= 4 is 5.97 Å². The van der Waals surface area contributed by atoms with E-state index in [9.17, 15) is 15.0 Å². The highest BCUT2D eigenvalue weighted by molar-refractivity contribution is 5.97. The molecule has 1 atom stereocenters. The Balaban J connectivity index is 1.69. The number of phenolic OH excluding ortho intramolecular Hbond substituents is 2. The smallest absolute Gasteiger partial charge is 0.343 e. The highest BCUT2D eigenvalue weighted by Gasteiger charge is 2.34. The van der Waals surface area contributed by atoms with Gasteiger partial charge in [-0.05, 0) is 11.6 Å². The van der Waals surface area contributed by atoms with E-state index in [1.165, 1.54) is 6.07 Å². The summed E-state index contributed by atoms with van der Waals surface area (Å²) in [5.41, 5.74) is 1.79. The molecule has 0 aromatic heterocycles. The number of nitrogens with one attached hydrogen (secondary N) is 1. The third-order valence-corrected chi connectivity index (χ3v) is 3.49. The number of phenols is 2. The van der Waals surface area contributed by atoms with Crippen molar-refractivity contribution < 1.29 is 19.7 Å². The van der Waals surface area contributed by atoms with Crippen molar-refractivity contribution in [1.29, 1.82) is 0 Å². The monoisotopic (exact) mass is 285 g/mol. The fourth-order valence-corrected chi connectivity index (χ4v) is 2.43. The Morgan fingerprint density at radius 2 is 1.86 bits per heavy atom. The van der Waals surface area contributed by atoms with Crippen LogP contribution in [0.2, 0.25) is 0 Å². The fraction of sp³-hybridized carbons (Fsp3) is 0.188. The molecule has 0 radical (unpaired) electrons. The van der Waals surface area contributed by atoms with E-state index in [-0.39, 0.29) is 11.3 Å². The molecule has 1 unspecified atom stereocenters. The summed E-state index contributed by atoms with van der Waals surface area (Å²) in [6.07, 6.45) is -0.456. The molecule has 3 rings (SSSR count). The first-order valence-corrected chi connectivity index (χ1v) is 6.67. The first kappa shape index (κ1) is 13.5. The summed E-state index contributed by atoms with van der Waals surface area (Å²) in [7, 11) is 0. The molecule has 1 aliphatic heterocycles. The average Bonchev–Trinajstić information content (AvgIpc) is 2.81. The quantitative estimate of drug-likeness (QED) is 0.592. The molecule has 108 valence electrons. The van der Waals surface area contributed by atoms with Crippen molar-refractivity contribution in [3.05, 3.63) is 59.2 Å². The molecule has 5 heteroatoms. The Bertz CT molecular complexity index is 669. The zero-order valence-corrected chi connectivity index (χ0v) is 11.2. The minimum atomic E-state index is -0.607. The number of cyclic esters (lactones) is 1. The molecular formula is C16H15NO4. The van der Waals surface area contributed by atoms with Crippen molar-refractivity contribution in [3.63, 3.8) is 0 Å². The van der Waals surface area contributed by atoms with Crippen LogP contribution in [0.15, 0.2) is 42.5 Å². The van der Waals surface area contributed by atoms with Crippen molar-refractivity contribution in [1.82, 2.24) is 5.32 Å². The minimum Gasteiger partial charge on any atom is -0.504 e. The van der Waals surface area contributed by atoms with Crippen LogP contribution in [0.25, 0.3) is 0 Å². The molecule has 0 spiro atoms. The van der Waals surface area contributed by atoms with Crippen LogP contribution in [0.4, 0.5) is 0 Å². The lowest BCUT2D eigenvalue weighted by Gasteiger charge is -2.12. The van der Waals surface area contributed by atoms with Crippen LogP contribution >= 0.6 is 0 Å². The summed E-state index contributed by atoms with van der Waals surface area (Å²) < 4.78 is 5.23. The Morgan fingerprint density at radius 1 is 1.10 bits per heavy atom. The van der Waals surface area contributed by atoms with Crippen LogP contribution in [-0.4, -0.2) is 22.7 Å². The van der Waals surface area contributed by atoms with Crippen molar-refractivity contribution in [2.24, 2.45) is 0 Å². The highest BCUT2D eigenvalue weighted by Crippen LogP contribution is 2.40. The van der Waals surface area contributed by atoms with Gasteiger partial charge in [0.25, 0.3) is 0 Å². The Hall–Kier alpha value is -2.53. The van der Waals surface area contributed by atoms with Crippen molar-refractivity contribution in [2.45, 2.75) is 12.6 Å². The maximum Gasteiger partial charge on any atom is 0.343 e. The van der Waals surface area contributed by atoms with Gasteiger partial charge in [-0.1, -0.05) is 36.4 Å².